The summed E-state index contributed by atoms with van der Waals surface area (Å²) in [7, 11) is 0. The van der Waals surface area contributed by atoms with Crippen LogP contribution in [0.25, 0.3) is 0 Å². The van der Waals surface area contributed by atoms with Crippen molar-refractivity contribution in [3.8, 4) is 5.75 Å². The SMILES string of the molecule is c1ccc(OCCc2cscn2)cc1. The lowest BCUT2D eigenvalue weighted by atomic mass is 10.3. The van der Waals surface area contributed by atoms with E-state index in [0.717, 1.165) is 17.9 Å². The van der Waals surface area contributed by atoms with Crippen LogP contribution in [0.4, 0.5) is 0 Å². The highest BCUT2D eigenvalue weighted by Crippen LogP contribution is 2.09. The molecule has 0 unspecified atom stereocenters. The summed E-state index contributed by atoms with van der Waals surface area (Å²) >= 11 is 1.62. The number of benzene rings is 1. The second-order valence-electron chi connectivity index (χ2n) is 2.89. The van der Waals surface area contributed by atoms with Crippen molar-refractivity contribution in [2.75, 3.05) is 6.61 Å². The lowest BCUT2D eigenvalue weighted by Gasteiger charge is -2.03. The maximum Gasteiger partial charge on any atom is 0.119 e. The molecule has 14 heavy (non-hydrogen) atoms. The van der Waals surface area contributed by atoms with E-state index in [2.05, 4.69) is 4.98 Å². The van der Waals surface area contributed by atoms with Gasteiger partial charge in [0.25, 0.3) is 0 Å². The molecule has 2 rings (SSSR count). The third-order valence-electron chi connectivity index (χ3n) is 1.85. The molecule has 0 aliphatic heterocycles. The Hall–Kier alpha value is -1.35. The standard InChI is InChI=1S/C11H11NOS/c1-2-4-11(5-3-1)13-7-6-10-8-14-9-12-10/h1-5,8-9H,6-7H2. The molecule has 0 saturated heterocycles. The molecule has 0 amide bonds. The number of aromatic nitrogens is 1. The first-order valence-electron chi connectivity index (χ1n) is 4.50. The van der Waals surface area contributed by atoms with Gasteiger partial charge in [-0.15, -0.1) is 11.3 Å². The summed E-state index contributed by atoms with van der Waals surface area (Å²) in [5, 5.41) is 2.05. The van der Waals surface area contributed by atoms with Gasteiger partial charge in [0.05, 0.1) is 17.8 Å². The van der Waals surface area contributed by atoms with Crippen molar-refractivity contribution in [3.63, 3.8) is 0 Å². The van der Waals surface area contributed by atoms with Crippen LogP contribution in [0.15, 0.2) is 41.2 Å². The average Bonchev–Trinajstić information content (AvgIpc) is 2.72. The molecule has 1 heterocycles. The molecular weight excluding hydrogens is 194 g/mol. The van der Waals surface area contributed by atoms with Crippen molar-refractivity contribution in [1.29, 1.82) is 0 Å². The third kappa shape index (κ3) is 2.57. The van der Waals surface area contributed by atoms with Gasteiger partial charge in [0.15, 0.2) is 0 Å². The molecule has 72 valence electrons. The molecule has 1 aromatic heterocycles. The predicted molar refractivity (Wildman–Crippen MR) is 57.8 cm³/mol. The van der Waals surface area contributed by atoms with Gasteiger partial charge in [-0.05, 0) is 12.1 Å². The van der Waals surface area contributed by atoms with Crippen LogP contribution >= 0.6 is 11.3 Å². The van der Waals surface area contributed by atoms with E-state index >= 15 is 0 Å². The van der Waals surface area contributed by atoms with Crippen molar-refractivity contribution in [2.45, 2.75) is 6.42 Å². The molecule has 0 radical (unpaired) electrons. The van der Waals surface area contributed by atoms with Crippen LogP contribution in [0.1, 0.15) is 5.69 Å². The van der Waals surface area contributed by atoms with Gasteiger partial charge in [-0.25, -0.2) is 4.98 Å². The normalized spacial score (nSPS) is 10.0. The van der Waals surface area contributed by atoms with Crippen LogP contribution in [-0.2, 0) is 6.42 Å². The van der Waals surface area contributed by atoms with Gasteiger partial charge in [-0.1, -0.05) is 18.2 Å². The maximum atomic E-state index is 5.54. The minimum Gasteiger partial charge on any atom is -0.493 e. The number of hydrogen-bond acceptors (Lipinski definition) is 3. The second kappa shape index (κ2) is 4.77. The Kier molecular flexibility index (Phi) is 3.14. The topological polar surface area (TPSA) is 22.1 Å². The molecule has 2 aromatic rings. The van der Waals surface area contributed by atoms with Crippen molar-refractivity contribution in [3.05, 3.63) is 46.9 Å². The predicted octanol–water partition coefficient (Wildman–Crippen LogP) is 2.76. The summed E-state index contributed by atoms with van der Waals surface area (Å²) in [5.74, 6) is 0.919. The zero-order chi connectivity index (χ0) is 9.64. The Labute approximate surface area is 87.2 Å². The molecule has 2 nitrogen and oxygen atoms in total. The molecule has 0 fully saturated rings. The van der Waals surface area contributed by atoms with Crippen LogP contribution < -0.4 is 4.74 Å². The summed E-state index contributed by atoms with van der Waals surface area (Å²) in [4.78, 5) is 4.19. The number of nitrogens with zero attached hydrogens (tertiary/aromatic N) is 1. The van der Waals surface area contributed by atoms with Crippen LogP contribution in [0.3, 0.4) is 0 Å². The van der Waals surface area contributed by atoms with Crippen LogP contribution in [0.5, 0.6) is 5.75 Å². The third-order valence-corrected chi connectivity index (χ3v) is 2.49. The monoisotopic (exact) mass is 205 g/mol. The molecule has 0 spiro atoms. The Morgan fingerprint density at radius 1 is 1.21 bits per heavy atom. The Balaban J connectivity index is 1.79. The van der Waals surface area contributed by atoms with E-state index in [1.807, 2.05) is 41.2 Å². The Morgan fingerprint density at radius 2 is 2.07 bits per heavy atom. The van der Waals surface area contributed by atoms with E-state index in [0.29, 0.717) is 6.61 Å². The van der Waals surface area contributed by atoms with Crippen molar-refractivity contribution in [2.24, 2.45) is 0 Å². The molecular formula is C11H11NOS. The summed E-state index contributed by atoms with van der Waals surface area (Å²) in [6, 6.07) is 9.84. The highest BCUT2D eigenvalue weighted by molar-refractivity contribution is 7.07. The van der Waals surface area contributed by atoms with Gasteiger partial charge in [0.1, 0.15) is 5.75 Å². The second-order valence-corrected chi connectivity index (χ2v) is 3.61. The zero-order valence-electron chi connectivity index (χ0n) is 7.72. The van der Waals surface area contributed by atoms with Crippen LogP contribution in [0.2, 0.25) is 0 Å². The molecule has 0 aliphatic rings. The minimum atomic E-state index is 0.688. The number of hydrogen-bond donors (Lipinski definition) is 0. The van der Waals surface area contributed by atoms with Gasteiger partial charge >= 0.3 is 0 Å². The Bertz CT molecular complexity index is 358. The quantitative estimate of drug-likeness (QED) is 0.765. The van der Waals surface area contributed by atoms with E-state index in [-0.39, 0.29) is 0 Å². The number of para-hydroxylation sites is 1. The first-order valence-corrected chi connectivity index (χ1v) is 5.44. The van der Waals surface area contributed by atoms with E-state index in [9.17, 15) is 0 Å². The van der Waals surface area contributed by atoms with Crippen molar-refractivity contribution < 1.29 is 4.74 Å². The number of thiazole rings is 1. The van der Waals surface area contributed by atoms with Crippen LogP contribution in [-0.4, -0.2) is 11.6 Å². The lowest BCUT2D eigenvalue weighted by molar-refractivity contribution is 0.321. The van der Waals surface area contributed by atoms with E-state index < -0.39 is 0 Å². The highest BCUT2D eigenvalue weighted by Gasteiger charge is 1.95. The summed E-state index contributed by atoms with van der Waals surface area (Å²) in [6.45, 7) is 0.688. The molecule has 3 heteroatoms. The van der Waals surface area contributed by atoms with Crippen molar-refractivity contribution in [1.82, 2.24) is 4.98 Å². The number of ether oxygens (including phenoxy) is 1. The summed E-state index contributed by atoms with van der Waals surface area (Å²) in [6.07, 6.45) is 0.873. The molecule has 0 aliphatic carbocycles. The number of rotatable bonds is 4. The molecule has 0 bridgehead atoms. The van der Waals surface area contributed by atoms with Gasteiger partial charge in [-0.3, -0.25) is 0 Å². The van der Waals surface area contributed by atoms with Gasteiger partial charge in [0.2, 0.25) is 0 Å². The molecule has 0 saturated carbocycles. The van der Waals surface area contributed by atoms with Gasteiger partial charge < -0.3 is 4.74 Å². The van der Waals surface area contributed by atoms with Crippen LogP contribution in [0, 0.1) is 0 Å². The fourth-order valence-electron chi connectivity index (χ4n) is 1.15. The molecule has 0 atom stereocenters. The molecule has 1 aromatic carbocycles. The van der Waals surface area contributed by atoms with E-state index in [1.165, 1.54) is 0 Å². The van der Waals surface area contributed by atoms with E-state index in [4.69, 9.17) is 4.74 Å². The maximum absolute atomic E-state index is 5.54. The van der Waals surface area contributed by atoms with Crippen molar-refractivity contribution >= 4 is 11.3 Å². The zero-order valence-corrected chi connectivity index (χ0v) is 8.54. The summed E-state index contributed by atoms with van der Waals surface area (Å²) < 4.78 is 5.54. The minimum absolute atomic E-state index is 0.688. The largest absolute Gasteiger partial charge is 0.493 e. The van der Waals surface area contributed by atoms with Gasteiger partial charge in [-0.2, -0.15) is 0 Å². The Morgan fingerprint density at radius 3 is 2.79 bits per heavy atom. The smallest absolute Gasteiger partial charge is 0.119 e. The van der Waals surface area contributed by atoms with Gasteiger partial charge in [0, 0.05) is 11.8 Å². The fourth-order valence-corrected chi connectivity index (χ4v) is 1.74. The summed E-state index contributed by atoms with van der Waals surface area (Å²) in [5.41, 5.74) is 2.95. The first kappa shape index (κ1) is 9.21. The first-order chi connectivity index (χ1) is 6.95. The molecule has 0 N–H and O–H groups in total. The fraction of sp³-hybridized carbons (Fsp3) is 0.182. The lowest BCUT2D eigenvalue weighted by Crippen LogP contribution is -2.01. The van der Waals surface area contributed by atoms with E-state index in [1.54, 1.807) is 11.3 Å². The average molecular weight is 205 g/mol. The highest BCUT2D eigenvalue weighted by atomic mass is 32.1.